The van der Waals surface area contributed by atoms with Gasteiger partial charge in [-0.05, 0) is 68.4 Å². The van der Waals surface area contributed by atoms with Gasteiger partial charge in [0.2, 0.25) is 0 Å². The average Bonchev–Trinajstić information content (AvgIpc) is 2.63. The van der Waals surface area contributed by atoms with Crippen molar-refractivity contribution in [2.75, 3.05) is 13.7 Å². The van der Waals surface area contributed by atoms with Gasteiger partial charge in [0.1, 0.15) is 11.9 Å². The van der Waals surface area contributed by atoms with Crippen LogP contribution in [0.15, 0.2) is 42.5 Å². The Morgan fingerprint density at radius 1 is 1.29 bits per heavy atom. The molecule has 0 saturated carbocycles. The number of ether oxygens (including phenoxy) is 3. The molecule has 154 valence electrons. The van der Waals surface area contributed by atoms with Crippen LogP contribution in [0.2, 0.25) is 5.02 Å². The second-order valence-corrected chi connectivity index (χ2v) is 7.30. The minimum Gasteiger partial charge on any atom is -0.482 e. The molecule has 1 rings (SSSR count). The number of carbonyl (C=O) groups excluding carboxylic acids is 2. The van der Waals surface area contributed by atoms with Gasteiger partial charge in [-0.25, -0.2) is 9.59 Å². The quantitative estimate of drug-likeness (QED) is 0.291. The third-order valence-corrected chi connectivity index (χ3v) is 4.46. The molecule has 0 aromatic heterocycles. The van der Waals surface area contributed by atoms with E-state index in [9.17, 15) is 9.59 Å². The molecule has 1 aromatic carbocycles. The predicted octanol–water partition coefficient (Wildman–Crippen LogP) is 5.05. The number of benzene rings is 1. The van der Waals surface area contributed by atoms with E-state index in [0.717, 1.165) is 24.0 Å². The van der Waals surface area contributed by atoms with Crippen molar-refractivity contribution >= 4 is 23.5 Å². The molecule has 0 aliphatic heterocycles. The Labute approximate surface area is 172 Å². The number of methoxy groups -OCH3 is 1. The largest absolute Gasteiger partial charge is 0.482 e. The van der Waals surface area contributed by atoms with Crippen LogP contribution in [0.25, 0.3) is 0 Å². The van der Waals surface area contributed by atoms with E-state index in [1.807, 2.05) is 13.8 Å². The molecule has 0 fully saturated rings. The Balaban J connectivity index is 2.46. The molecule has 0 bridgehead atoms. The summed E-state index contributed by atoms with van der Waals surface area (Å²) in [4.78, 5) is 23.2. The molecule has 28 heavy (non-hydrogen) atoms. The molecule has 0 N–H and O–H groups in total. The van der Waals surface area contributed by atoms with E-state index >= 15 is 0 Å². The minimum atomic E-state index is -0.444. The van der Waals surface area contributed by atoms with Crippen molar-refractivity contribution in [1.29, 1.82) is 0 Å². The van der Waals surface area contributed by atoms with Crippen LogP contribution in [0.5, 0.6) is 5.75 Å². The lowest BCUT2D eigenvalue weighted by Gasteiger charge is -2.20. The summed E-state index contributed by atoms with van der Waals surface area (Å²) in [5.41, 5.74) is 1.64. The van der Waals surface area contributed by atoms with Gasteiger partial charge in [0.15, 0.2) is 6.61 Å². The highest BCUT2D eigenvalue weighted by molar-refractivity contribution is 6.30. The van der Waals surface area contributed by atoms with Crippen molar-refractivity contribution in [2.45, 2.75) is 46.1 Å². The Hall–Kier alpha value is -2.27. The van der Waals surface area contributed by atoms with Crippen molar-refractivity contribution in [3.8, 4) is 5.75 Å². The van der Waals surface area contributed by atoms with E-state index in [1.54, 1.807) is 24.3 Å². The van der Waals surface area contributed by atoms with Crippen LogP contribution < -0.4 is 4.74 Å². The van der Waals surface area contributed by atoms with Gasteiger partial charge in [-0.3, -0.25) is 0 Å². The van der Waals surface area contributed by atoms with Crippen LogP contribution in [0.1, 0.15) is 38.7 Å². The SMILES string of the molecule is C=C(C)C(CCC(C)CC=CC(=O)OC)OC(=O)COc1ccc(Cl)cc1C. The van der Waals surface area contributed by atoms with Gasteiger partial charge in [0, 0.05) is 11.1 Å². The maximum atomic E-state index is 12.2. The normalized spacial score (nSPS) is 13.0. The number of esters is 2. The van der Waals surface area contributed by atoms with Crippen LogP contribution in [0, 0.1) is 12.8 Å². The molecule has 2 unspecified atom stereocenters. The summed E-state index contributed by atoms with van der Waals surface area (Å²) >= 11 is 5.91. The molecular weight excluding hydrogens is 380 g/mol. The molecule has 0 aliphatic rings. The van der Waals surface area contributed by atoms with E-state index in [-0.39, 0.29) is 18.7 Å². The molecule has 0 spiro atoms. The Kier molecular flexibility index (Phi) is 10.4. The lowest BCUT2D eigenvalue weighted by molar-refractivity contribution is -0.150. The Morgan fingerprint density at radius 2 is 2.00 bits per heavy atom. The summed E-state index contributed by atoms with van der Waals surface area (Å²) in [5.74, 6) is 0.117. The summed E-state index contributed by atoms with van der Waals surface area (Å²) < 4.78 is 15.6. The van der Waals surface area contributed by atoms with E-state index in [1.165, 1.54) is 13.2 Å². The lowest BCUT2D eigenvalue weighted by Crippen LogP contribution is -2.24. The van der Waals surface area contributed by atoms with Gasteiger partial charge in [-0.15, -0.1) is 0 Å². The third kappa shape index (κ3) is 9.09. The molecule has 5 nitrogen and oxygen atoms in total. The average molecular weight is 409 g/mol. The third-order valence-electron chi connectivity index (χ3n) is 4.22. The number of hydrogen-bond donors (Lipinski definition) is 0. The first kappa shape index (κ1) is 23.8. The monoisotopic (exact) mass is 408 g/mol. The summed E-state index contributed by atoms with van der Waals surface area (Å²) in [6.07, 6.45) is 5.07. The molecule has 0 aliphatic carbocycles. The second-order valence-electron chi connectivity index (χ2n) is 6.87. The van der Waals surface area contributed by atoms with Crippen LogP contribution in [0.3, 0.4) is 0 Å². The van der Waals surface area contributed by atoms with Crippen LogP contribution >= 0.6 is 11.6 Å². The molecule has 0 radical (unpaired) electrons. The number of halogens is 1. The Bertz CT molecular complexity index is 711. The highest BCUT2D eigenvalue weighted by Crippen LogP contribution is 2.22. The number of aryl methyl sites for hydroxylation is 1. The van der Waals surface area contributed by atoms with Crippen LogP contribution in [-0.2, 0) is 19.1 Å². The van der Waals surface area contributed by atoms with Crippen molar-refractivity contribution in [3.63, 3.8) is 0 Å². The van der Waals surface area contributed by atoms with E-state index in [0.29, 0.717) is 23.1 Å². The molecular formula is C22H29ClO5. The first-order valence-corrected chi connectivity index (χ1v) is 9.59. The molecule has 0 saturated heterocycles. The highest BCUT2D eigenvalue weighted by atomic mass is 35.5. The van der Waals surface area contributed by atoms with Crippen molar-refractivity contribution < 1.29 is 23.8 Å². The fraction of sp³-hybridized carbons (Fsp3) is 0.455. The molecule has 0 heterocycles. The first-order chi connectivity index (χ1) is 13.2. The molecule has 1 aromatic rings. The topological polar surface area (TPSA) is 61.8 Å². The number of allylic oxidation sites excluding steroid dienone is 1. The predicted molar refractivity (Wildman–Crippen MR) is 111 cm³/mol. The zero-order valence-corrected chi connectivity index (χ0v) is 17.8. The summed E-state index contributed by atoms with van der Waals surface area (Å²) in [5, 5.41) is 0.616. The van der Waals surface area contributed by atoms with Gasteiger partial charge in [0.25, 0.3) is 0 Å². The lowest BCUT2D eigenvalue weighted by atomic mass is 9.97. The molecule has 0 amide bonds. The minimum absolute atomic E-state index is 0.177. The first-order valence-electron chi connectivity index (χ1n) is 9.21. The molecule has 2 atom stereocenters. The van der Waals surface area contributed by atoms with Gasteiger partial charge in [-0.1, -0.05) is 31.2 Å². The zero-order chi connectivity index (χ0) is 21.1. The number of hydrogen-bond acceptors (Lipinski definition) is 5. The van der Waals surface area contributed by atoms with Crippen molar-refractivity contribution in [1.82, 2.24) is 0 Å². The van der Waals surface area contributed by atoms with Gasteiger partial charge >= 0.3 is 11.9 Å². The smallest absolute Gasteiger partial charge is 0.344 e. The van der Waals surface area contributed by atoms with E-state index in [2.05, 4.69) is 18.2 Å². The van der Waals surface area contributed by atoms with Gasteiger partial charge in [0.05, 0.1) is 7.11 Å². The maximum absolute atomic E-state index is 12.2. The standard InChI is InChI=1S/C22H29ClO5/c1-15(2)19(11-9-16(3)7-6-8-21(24)26-5)28-22(25)14-27-20-12-10-18(23)13-17(20)4/h6,8,10,12-13,16,19H,1,7,9,11,14H2,2-5H3. The maximum Gasteiger partial charge on any atom is 0.344 e. The highest BCUT2D eigenvalue weighted by Gasteiger charge is 2.17. The van der Waals surface area contributed by atoms with Crippen molar-refractivity contribution in [3.05, 3.63) is 53.1 Å². The number of carbonyl (C=O) groups is 2. The summed E-state index contributed by atoms with van der Waals surface area (Å²) in [7, 11) is 1.35. The molecule has 6 heteroatoms. The van der Waals surface area contributed by atoms with E-state index in [4.69, 9.17) is 21.1 Å². The van der Waals surface area contributed by atoms with Crippen molar-refractivity contribution in [2.24, 2.45) is 5.92 Å². The second kappa shape index (κ2) is 12.2. The van der Waals surface area contributed by atoms with E-state index < -0.39 is 5.97 Å². The summed E-state index contributed by atoms with van der Waals surface area (Å²) in [6.45, 7) is 9.51. The summed E-state index contributed by atoms with van der Waals surface area (Å²) in [6, 6.07) is 5.21. The fourth-order valence-corrected chi connectivity index (χ4v) is 2.76. The zero-order valence-electron chi connectivity index (χ0n) is 17.0. The van der Waals surface area contributed by atoms with Gasteiger partial charge < -0.3 is 14.2 Å². The van der Waals surface area contributed by atoms with Crippen LogP contribution in [0.4, 0.5) is 0 Å². The number of rotatable bonds is 11. The fourth-order valence-electron chi connectivity index (χ4n) is 2.53. The van der Waals surface area contributed by atoms with Gasteiger partial charge in [-0.2, -0.15) is 0 Å². The van der Waals surface area contributed by atoms with Crippen LogP contribution in [-0.4, -0.2) is 31.8 Å². The Morgan fingerprint density at radius 3 is 2.61 bits per heavy atom.